The second kappa shape index (κ2) is 17.8. The van der Waals surface area contributed by atoms with E-state index in [1.54, 1.807) is 0 Å². The first-order valence-corrected chi connectivity index (χ1v) is 12.9. The largest absolute Gasteiger partial charge is 0.445 e. The van der Waals surface area contributed by atoms with Gasteiger partial charge in [0.2, 0.25) is 0 Å². The lowest BCUT2D eigenvalue weighted by Crippen LogP contribution is -2.34. The van der Waals surface area contributed by atoms with Crippen molar-refractivity contribution in [2.75, 3.05) is 13.2 Å². The molecule has 1 aliphatic rings. The number of rotatable bonds is 18. The zero-order chi connectivity index (χ0) is 20.5. The Morgan fingerprint density at radius 2 is 1.18 bits per heavy atom. The molecule has 0 saturated heterocycles. The van der Waals surface area contributed by atoms with E-state index in [2.05, 4.69) is 20.8 Å². The maximum absolute atomic E-state index is 7.14. The van der Waals surface area contributed by atoms with Gasteiger partial charge in [-0.25, -0.2) is 0 Å². The standard InChI is InChI=1S/C26H52O2/c1-23(2)25-19-18-24(3)22-26(25)28-21-17-15-13-11-9-7-5-4-6-8-10-12-14-16-20-27/h23-27H,4-22H2,1-3H3/p+1/t24?,25-,26+/m0/s1. The van der Waals surface area contributed by atoms with E-state index >= 15 is 0 Å². The molecule has 168 valence electrons. The Hall–Kier alpha value is -0.0800. The first-order valence-electron chi connectivity index (χ1n) is 12.9. The van der Waals surface area contributed by atoms with Crippen LogP contribution in [0.1, 0.15) is 130 Å². The predicted octanol–water partition coefficient (Wildman–Crippen LogP) is 7.65. The third-order valence-electron chi connectivity index (χ3n) is 6.86. The van der Waals surface area contributed by atoms with Crippen LogP contribution in [0.3, 0.4) is 0 Å². The van der Waals surface area contributed by atoms with Crippen LogP contribution in [0.5, 0.6) is 0 Å². The molecular formula is C26H53O2+. The smallest absolute Gasteiger partial charge is 0.143 e. The van der Waals surface area contributed by atoms with Crippen molar-refractivity contribution in [3.05, 3.63) is 0 Å². The summed E-state index contributed by atoms with van der Waals surface area (Å²) in [6.07, 6.45) is 23.7. The molecule has 0 aliphatic heterocycles. The molecule has 3 atom stereocenters. The summed E-state index contributed by atoms with van der Waals surface area (Å²) in [6.45, 7) is 8.75. The third kappa shape index (κ3) is 13.2. The van der Waals surface area contributed by atoms with Gasteiger partial charge in [-0.05, 0) is 43.4 Å². The van der Waals surface area contributed by atoms with E-state index in [0.29, 0.717) is 12.7 Å². The Bertz CT molecular complexity index is 328. The van der Waals surface area contributed by atoms with Gasteiger partial charge in [-0.3, -0.25) is 0 Å². The summed E-state index contributed by atoms with van der Waals surface area (Å²) in [4.78, 5) is 0. The lowest BCUT2D eigenvalue weighted by atomic mass is 9.75. The minimum atomic E-state index is 0.529. The number of hydrogen-bond acceptors (Lipinski definition) is 1. The molecule has 0 amide bonds. The molecule has 0 aromatic carbocycles. The highest BCUT2D eigenvalue weighted by atomic mass is 16.5. The van der Waals surface area contributed by atoms with Crippen LogP contribution in [-0.2, 0) is 4.74 Å². The van der Waals surface area contributed by atoms with Gasteiger partial charge in [-0.1, -0.05) is 97.8 Å². The van der Waals surface area contributed by atoms with Crippen LogP contribution in [0, 0.1) is 17.8 Å². The number of ether oxygens (including phenoxy) is 1. The Morgan fingerprint density at radius 3 is 1.64 bits per heavy atom. The second-order valence-electron chi connectivity index (χ2n) is 9.94. The molecule has 0 aromatic heterocycles. The lowest BCUT2D eigenvalue weighted by Gasteiger charge is -2.37. The third-order valence-corrected chi connectivity index (χ3v) is 6.86. The van der Waals surface area contributed by atoms with Crippen molar-refractivity contribution in [1.29, 1.82) is 0 Å². The van der Waals surface area contributed by atoms with Gasteiger partial charge in [0.15, 0.2) is 0 Å². The Balaban J connectivity index is 1.84. The molecular weight excluding hydrogens is 344 g/mol. The van der Waals surface area contributed by atoms with Crippen molar-refractivity contribution in [2.24, 2.45) is 17.8 Å². The normalized spacial score (nSPS) is 22.8. The fourth-order valence-corrected chi connectivity index (χ4v) is 4.89. The molecule has 1 saturated carbocycles. The number of hydrogen-bond donors (Lipinski definition) is 0. The van der Waals surface area contributed by atoms with Gasteiger partial charge in [0.05, 0.1) is 6.10 Å². The summed E-state index contributed by atoms with van der Waals surface area (Å²) in [7, 11) is 0. The molecule has 1 rings (SSSR count). The van der Waals surface area contributed by atoms with E-state index in [1.807, 2.05) is 0 Å². The minimum absolute atomic E-state index is 0.529. The molecule has 0 bridgehead atoms. The van der Waals surface area contributed by atoms with Crippen LogP contribution in [0.25, 0.3) is 0 Å². The van der Waals surface area contributed by atoms with E-state index < -0.39 is 0 Å². The average molecular weight is 398 g/mol. The molecule has 1 fully saturated rings. The van der Waals surface area contributed by atoms with Gasteiger partial charge in [0.1, 0.15) is 6.61 Å². The molecule has 2 N–H and O–H groups in total. The van der Waals surface area contributed by atoms with Crippen molar-refractivity contribution in [2.45, 2.75) is 136 Å². The molecule has 28 heavy (non-hydrogen) atoms. The quantitative estimate of drug-likeness (QED) is 0.173. The van der Waals surface area contributed by atoms with Crippen molar-refractivity contribution in [3.8, 4) is 0 Å². The Labute approximate surface area is 177 Å². The van der Waals surface area contributed by atoms with Gasteiger partial charge < -0.3 is 9.84 Å². The number of unbranched alkanes of at least 4 members (excludes halogenated alkanes) is 13. The molecule has 2 nitrogen and oxygen atoms in total. The summed E-state index contributed by atoms with van der Waals surface area (Å²) in [5, 5.41) is 7.14. The zero-order valence-corrected chi connectivity index (χ0v) is 19.7. The van der Waals surface area contributed by atoms with E-state index in [-0.39, 0.29) is 0 Å². The van der Waals surface area contributed by atoms with Crippen molar-refractivity contribution >= 4 is 0 Å². The minimum Gasteiger partial charge on any atom is -0.445 e. The molecule has 2 heteroatoms. The van der Waals surface area contributed by atoms with Gasteiger partial charge in [-0.15, -0.1) is 0 Å². The molecule has 1 aliphatic carbocycles. The van der Waals surface area contributed by atoms with Crippen molar-refractivity contribution < 1.29 is 9.84 Å². The molecule has 0 aromatic rings. The van der Waals surface area contributed by atoms with Crippen LogP contribution in [0.15, 0.2) is 0 Å². The maximum atomic E-state index is 7.14. The first-order chi connectivity index (χ1) is 13.6. The summed E-state index contributed by atoms with van der Waals surface area (Å²) in [6, 6.07) is 0. The van der Waals surface area contributed by atoms with Crippen LogP contribution < -0.4 is 0 Å². The van der Waals surface area contributed by atoms with E-state index in [0.717, 1.165) is 30.8 Å². The van der Waals surface area contributed by atoms with Crippen LogP contribution in [0.2, 0.25) is 0 Å². The van der Waals surface area contributed by atoms with E-state index in [9.17, 15) is 0 Å². The van der Waals surface area contributed by atoms with Gasteiger partial charge >= 0.3 is 0 Å². The SMILES string of the molecule is CC1CC[C@@H](C(C)C)[C@H](OCCCCCCCCCCCCCCCC[OH2+])C1. The molecule has 0 heterocycles. The van der Waals surface area contributed by atoms with Crippen molar-refractivity contribution in [1.82, 2.24) is 0 Å². The van der Waals surface area contributed by atoms with Gasteiger partial charge in [-0.2, -0.15) is 0 Å². The lowest BCUT2D eigenvalue weighted by molar-refractivity contribution is -0.0394. The summed E-state index contributed by atoms with van der Waals surface area (Å²) >= 11 is 0. The Morgan fingerprint density at radius 1 is 0.714 bits per heavy atom. The summed E-state index contributed by atoms with van der Waals surface area (Å²) in [5.74, 6) is 2.42. The monoisotopic (exact) mass is 397 g/mol. The predicted molar refractivity (Wildman–Crippen MR) is 124 cm³/mol. The highest BCUT2D eigenvalue weighted by molar-refractivity contribution is 4.81. The average Bonchev–Trinajstić information content (AvgIpc) is 2.67. The molecule has 0 radical (unpaired) electrons. The second-order valence-corrected chi connectivity index (χ2v) is 9.94. The van der Waals surface area contributed by atoms with E-state index in [4.69, 9.17) is 9.84 Å². The van der Waals surface area contributed by atoms with Gasteiger partial charge in [0, 0.05) is 13.0 Å². The van der Waals surface area contributed by atoms with Gasteiger partial charge in [0.25, 0.3) is 0 Å². The zero-order valence-electron chi connectivity index (χ0n) is 19.7. The molecule has 1 unspecified atom stereocenters. The fraction of sp³-hybridized carbons (Fsp3) is 1.00. The van der Waals surface area contributed by atoms with Crippen LogP contribution >= 0.6 is 0 Å². The highest BCUT2D eigenvalue weighted by Crippen LogP contribution is 2.35. The van der Waals surface area contributed by atoms with Crippen LogP contribution in [-0.4, -0.2) is 24.4 Å². The Kier molecular flexibility index (Phi) is 16.5. The fourth-order valence-electron chi connectivity index (χ4n) is 4.89. The van der Waals surface area contributed by atoms with E-state index in [1.165, 1.54) is 103 Å². The van der Waals surface area contributed by atoms with Crippen molar-refractivity contribution in [3.63, 3.8) is 0 Å². The summed E-state index contributed by atoms with van der Waals surface area (Å²) < 4.78 is 6.33. The topological polar surface area (TPSA) is 32.1 Å². The highest BCUT2D eigenvalue weighted by Gasteiger charge is 2.31. The summed E-state index contributed by atoms with van der Waals surface area (Å²) in [5.41, 5.74) is 0. The maximum Gasteiger partial charge on any atom is 0.143 e. The molecule has 0 spiro atoms. The first kappa shape index (κ1) is 26.0. The van der Waals surface area contributed by atoms with Crippen LogP contribution in [0.4, 0.5) is 0 Å².